The number of carbonyl (C=O) groups is 1. The number of rotatable bonds is 4. The summed E-state index contributed by atoms with van der Waals surface area (Å²) < 4.78 is 28.2. The van der Waals surface area contributed by atoms with E-state index in [0.717, 1.165) is 0 Å². The van der Waals surface area contributed by atoms with Gasteiger partial charge in [-0.1, -0.05) is 11.6 Å². The molecule has 0 aromatic heterocycles. The van der Waals surface area contributed by atoms with E-state index in [1.165, 1.54) is 17.0 Å². The first-order valence-electron chi connectivity index (χ1n) is 6.61. The second kappa shape index (κ2) is 6.55. The van der Waals surface area contributed by atoms with Gasteiger partial charge in [-0.3, -0.25) is 4.79 Å². The van der Waals surface area contributed by atoms with Crippen molar-refractivity contribution in [3.63, 3.8) is 0 Å². The van der Waals surface area contributed by atoms with Crippen molar-refractivity contribution in [2.24, 2.45) is 0 Å². The highest BCUT2D eigenvalue weighted by atomic mass is 35.5. The van der Waals surface area contributed by atoms with Gasteiger partial charge in [-0.2, -0.15) is 5.26 Å². The summed E-state index contributed by atoms with van der Waals surface area (Å²) >= 11 is 5.96. The minimum atomic E-state index is -3.04. The molecule has 22 heavy (non-hydrogen) atoms. The molecule has 118 valence electrons. The van der Waals surface area contributed by atoms with Gasteiger partial charge in [0.1, 0.15) is 5.75 Å². The maximum Gasteiger partial charge on any atom is 0.260 e. The molecule has 1 saturated heterocycles. The number of benzene rings is 1. The van der Waals surface area contributed by atoms with Crippen LogP contribution in [0.25, 0.3) is 0 Å². The number of likely N-dealkylation sites (N-methyl/N-ethyl adjacent to an activating group) is 1. The number of amides is 1. The number of ether oxygens (including phenoxy) is 1. The van der Waals surface area contributed by atoms with Crippen molar-refractivity contribution in [3.05, 3.63) is 28.8 Å². The zero-order chi connectivity index (χ0) is 16.3. The van der Waals surface area contributed by atoms with Gasteiger partial charge >= 0.3 is 0 Å². The van der Waals surface area contributed by atoms with Crippen LogP contribution < -0.4 is 4.74 Å². The van der Waals surface area contributed by atoms with Gasteiger partial charge < -0.3 is 9.64 Å². The molecule has 1 heterocycles. The zero-order valence-electron chi connectivity index (χ0n) is 12.0. The monoisotopic (exact) mass is 342 g/mol. The van der Waals surface area contributed by atoms with Crippen LogP contribution in [0, 0.1) is 11.3 Å². The minimum absolute atomic E-state index is 0.00708. The normalized spacial score (nSPS) is 19.4. The molecule has 1 aliphatic heterocycles. The van der Waals surface area contributed by atoms with Crippen LogP contribution in [-0.2, 0) is 14.6 Å². The average molecular weight is 343 g/mol. The maximum atomic E-state index is 12.1. The molecule has 0 unspecified atom stereocenters. The van der Waals surface area contributed by atoms with Crippen molar-refractivity contribution in [2.45, 2.75) is 12.5 Å². The Morgan fingerprint density at radius 2 is 2.27 bits per heavy atom. The summed E-state index contributed by atoms with van der Waals surface area (Å²) in [5.41, 5.74) is 0.400. The molecule has 0 bridgehead atoms. The molecule has 0 saturated carbocycles. The van der Waals surface area contributed by atoms with Crippen molar-refractivity contribution in [1.82, 2.24) is 4.90 Å². The van der Waals surface area contributed by atoms with Gasteiger partial charge in [-0.25, -0.2) is 8.42 Å². The molecule has 1 fully saturated rings. The molecule has 1 amide bonds. The van der Waals surface area contributed by atoms with E-state index >= 15 is 0 Å². The number of nitrogens with zero attached hydrogens (tertiary/aromatic N) is 2. The van der Waals surface area contributed by atoms with E-state index in [4.69, 9.17) is 21.6 Å². The predicted molar refractivity (Wildman–Crippen MR) is 81.5 cm³/mol. The molecular formula is C14H15ClN2O4S. The van der Waals surface area contributed by atoms with E-state index in [1.54, 1.807) is 13.1 Å². The Kier molecular flexibility index (Phi) is 4.94. The van der Waals surface area contributed by atoms with Gasteiger partial charge in [0, 0.05) is 13.1 Å². The first-order chi connectivity index (χ1) is 10.3. The summed E-state index contributed by atoms with van der Waals surface area (Å²) in [6.07, 6.45) is 0.447. The number of hydrogen-bond acceptors (Lipinski definition) is 5. The van der Waals surface area contributed by atoms with Gasteiger partial charge in [0.15, 0.2) is 16.4 Å². The fraction of sp³-hybridized carbons (Fsp3) is 0.429. The highest BCUT2D eigenvalue weighted by Crippen LogP contribution is 2.25. The highest BCUT2D eigenvalue weighted by molar-refractivity contribution is 7.91. The van der Waals surface area contributed by atoms with Crippen LogP contribution in [0.2, 0.25) is 5.02 Å². The summed E-state index contributed by atoms with van der Waals surface area (Å²) in [6, 6.07) is 6.16. The standard InChI is InChI=1S/C14H15ClN2O4S/c1-17(11-4-5-22(19,20)9-11)14(18)8-21-13-3-2-10(7-16)6-12(13)15/h2-3,6,11H,4-5,8-9H2,1H3/t11-/m1/s1. The number of nitriles is 1. The second-order valence-electron chi connectivity index (χ2n) is 5.11. The quantitative estimate of drug-likeness (QED) is 0.821. The third-order valence-corrected chi connectivity index (χ3v) is 5.61. The molecule has 0 radical (unpaired) electrons. The lowest BCUT2D eigenvalue weighted by Crippen LogP contribution is -2.40. The van der Waals surface area contributed by atoms with Crippen molar-refractivity contribution in [2.75, 3.05) is 25.2 Å². The Morgan fingerprint density at radius 1 is 1.55 bits per heavy atom. The number of hydrogen-bond donors (Lipinski definition) is 0. The van der Waals surface area contributed by atoms with Gasteiger partial charge in [-0.05, 0) is 24.6 Å². The molecular weight excluding hydrogens is 328 g/mol. The van der Waals surface area contributed by atoms with Crippen LogP contribution in [-0.4, -0.2) is 50.4 Å². The Morgan fingerprint density at radius 3 is 2.82 bits per heavy atom. The fourth-order valence-electron chi connectivity index (χ4n) is 2.21. The Labute approximate surface area is 134 Å². The minimum Gasteiger partial charge on any atom is -0.482 e. The molecule has 1 aliphatic rings. The SMILES string of the molecule is CN(C(=O)COc1ccc(C#N)cc1Cl)[C@@H]1CCS(=O)(=O)C1. The van der Waals surface area contributed by atoms with Gasteiger partial charge in [0.2, 0.25) is 0 Å². The van der Waals surface area contributed by atoms with Crippen LogP contribution >= 0.6 is 11.6 Å². The largest absolute Gasteiger partial charge is 0.482 e. The molecule has 1 aromatic rings. The van der Waals surface area contributed by atoms with Gasteiger partial charge in [0.25, 0.3) is 5.91 Å². The van der Waals surface area contributed by atoms with E-state index in [9.17, 15) is 13.2 Å². The van der Waals surface area contributed by atoms with Crippen LogP contribution in [0.5, 0.6) is 5.75 Å². The summed E-state index contributed by atoms with van der Waals surface area (Å²) in [5, 5.41) is 9.00. The van der Waals surface area contributed by atoms with E-state index < -0.39 is 9.84 Å². The predicted octanol–water partition coefficient (Wildman–Crippen LogP) is 1.24. The summed E-state index contributed by atoms with van der Waals surface area (Å²) in [6.45, 7) is -0.237. The molecule has 0 N–H and O–H groups in total. The molecule has 6 nitrogen and oxygen atoms in total. The summed E-state index contributed by atoms with van der Waals surface area (Å²) in [7, 11) is -1.47. The first-order valence-corrected chi connectivity index (χ1v) is 8.81. The summed E-state index contributed by atoms with van der Waals surface area (Å²) in [5.74, 6) is 0.0914. The van der Waals surface area contributed by atoms with Crippen molar-refractivity contribution in [3.8, 4) is 11.8 Å². The number of halogens is 1. The molecule has 0 aliphatic carbocycles. The molecule has 1 aromatic carbocycles. The highest BCUT2D eigenvalue weighted by Gasteiger charge is 2.32. The Bertz CT molecular complexity index is 727. The maximum absolute atomic E-state index is 12.1. The van der Waals surface area contributed by atoms with E-state index in [1.807, 2.05) is 6.07 Å². The second-order valence-corrected chi connectivity index (χ2v) is 7.74. The van der Waals surface area contributed by atoms with Crippen molar-refractivity contribution < 1.29 is 17.9 Å². The number of sulfone groups is 1. The summed E-state index contributed by atoms with van der Waals surface area (Å²) in [4.78, 5) is 13.5. The van der Waals surface area contributed by atoms with Crippen LogP contribution in [0.1, 0.15) is 12.0 Å². The fourth-order valence-corrected chi connectivity index (χ4v) is 4.22. The lowest BCUT2D eigenvalue weighted by atomic mass is 10.2. The molecule has 0 spiro atoms. The van der Waals surface area contributed by atoms with Crippen LogP contribution in [0.15, 0.2) is 18.2 Å². The van der Waals surface area contributed by atoms with E-state index in [0.29, 0.717) is 17.7 Å². The van der Waals surface area contributed by atoms with Gasteiger partial charge in [0.05, 0.1) is 28.2 Å². The molecule has 1 atom stereocenters. The van der Waals surface area contributed by atoms with E-state index in [2.05, 4.69) is 0 Å². The first kappa shape index (κ1) is 16.6. The topological polar surface area (TPSA) is 87.5 Å². The Balaban J connectivity index is 1.94. The molecule has 8 heteroatoms. The zero-order valence-corrected chi connectivity index (χ0v) is 13.5. The third-order valence-electron chi connectivity index (χ3n) is 3.56. The van der Waals surface area contributed by atoms with Crippen LogP contribution in [0.4, 0.5) is 0 Å². The Hall–Kier alpha value is -1.78. The number of carbonyl (C=O) groups excluding carboxylic acids is 1. The van der Waals surface area contributed by atoms with E-state index in [-0.39, 0.29) is 35.1 Å². The van der Waals surface area contributed by atoms with Gasteiger partial charge in [-0.15, -0.1) is 0 Å². The third kappa shape index (κ3) is 3.90. The van der Waals surface area contributed by atoms with Crippen LogP contribution in [0.3, 0.4) is 0 Å². The van der Waals surface area contributed by atoms with Crippen molar-refractivity contribution >= 4 is 27.3 Å². The average Bonchev–Trinajstić information content (AvgIpc) is 2.84. The van der Waals surface area contributed by atoms with Crippen molar-refractivity contribution in [1.29, 1.82) is 5.26 Å². The molecule has 2 rings (SSSR count). The lowest BCUT2D eigenvalue weighted by molar-refractivity contribution is -0.133. The lowest BCUT2D eigenvalue weighted by Gasteiger charge is -2.23. The smallest absolute Gasteiger partial charge is 0.260 e.